The molecular weight excluding hydrogens is 446 g/mol. The fraction of sp³-hybridized carbons (Fsp3) is 0.667. The third kappa shape index (κ3) is 9.88. The summed E-state index contributed by atoms with van der Waals surface area (Å²) < 4.78 is 5.36. The van der Waals surface area contributed by atoms with E-state index in [1.54, 1.807) is 20.8 Å². The second-order valence-corrected chi connectivity index (χ2v) is 10.4. The van der Waals surface area contributed by atoms with Crippen molar-refractivity contribution in [3.63, 3.8) is 0 Å². The van der Waals surface area contributed by atoms with Gasteiger partial charge in [-0.25, -0.2) is 4.79 Å². The maximum Gasteiger partial charge on any atom is 0.408 e. The second kappa shape index (κ2) is 14.1. The van der Waals surface area contributed by atoms with Crippen LogP contribution in [0.4, 0.5) is 4.79 Å². The highest BCUT2D eigenvalue weighted by molar-refractivity contribution is 5.92. The number of rotatable bonds is 12. The summed E-state index contributed by atoms with van der Waals surface area (Å²) in [6.07, 6.45) is 2.14. The zero-order chi connectivity index (χ0) is 26.8. The number of hydrogen-bond acceptors (Lipinski definition) is 5. The number of ether oxygens (including phenoxy) is 1. The summed E-state index contributed by atoms with van der Waals surface area (Å²) in [5.41, 5.74) is 1.88. The van der Waals surface area contributed by atoms with Crippen molar-refractivity contribution in [3.05, 3.63) is 34.9 Å². The predicted octanol–water partition coefficient (Wildman–Crippen LogP) is 4.02. The molecule has 198 valence electrons. The van der Waals surface area contributed by atoms with Gasteiger partial charge in [0, 0.05) is 13.1 Å². The molecule has 2 unspecified atom stereocenters. The molecule has 0 aromatic heterocycles. The minimum Gasteiger partial charge on any atom is -0.444 e. The van der Waals surface area contributed by atoms with Gasteiger partial charge in [0.25, 0.3) is 0 Å². The normalized spacial score (nSPS) is 13.2. The Labute approximate surface area is 210 Å². The zero-order valence-corrected chi connectivity index (χ0v) is 22.7. The Morgan fingerprint density at radius 1 is 1.11 bits per heavy atom. The largest absolute Gasteiger partial charge is 0.444 e. The van der Waals surface area contributed by atoms with Gasteiger partial charge in [0.1, 0.15) is 17.7 Å². The average Bonchev–Trinajstić information content (AvgIpc) is 2.74. The number of unbranched alkanes of at least 4 members (excludes halogenated alkanes) is 2. The minimum absolute atomic E-state index is 0.0571. The van der Waals surface area contributed by atoms with E-state index in [-0.39, 0.29) is 25.0 Å². The minimum atomic E-state index is -0.946. The van der Waals surface area contributed by atoms with E-state index >= 15 is 0 Å². The molecule has 1 aromatic rings. The van der Waals surface area contributed by atoms with Gasteiger partial charge in [0.05, 0.1) is 6.61 Å². The second-order valence-electron chi connectivity index (χ2n) is 10.4. The molecule has 1 aromatic carbocycles. The summed E-state index contributed by atoms with van der Waals surface area (Å²) in [5.74, 6) is -1.04. The summed E-state index contributed by atoms with van der Waals surface area (Å²) in [4.78, 5) is 41.1. The predicted molar refractivity (Wildman–Crippen MR) is 138 cm³/mol. The molecule has 0 aliphatic rings. The van der Waals surface area contributed by atoms with Gasteiger partial charge in [-0.05, 0) is 58.1 Å². The quantitative estimate of drug-likeness (QED) is 0.383. The number of aliphatic hydroxyl groups is 1. The first-order chi connectivity index (χ1) is 16.3. The first-order valence-corrected chi connectivity index (χ1v) is 12.6. The van der Waals surface area contributed by atoms with Crippen LogP contribution < -0.4 is 10.6 Å². The molecule has 0 fully saturated rings. The SMILES string of the molecule is CCCCCNC(=O)C(c1ccc(C)cc1C)N(CCO)C(=O)C(NC(=O)OC(C)(C)C)C(C)C. The number of nitrogens with one attached hydrogen (secondary N) is 2. The van der Waals surface area contributed by atoms with Crippen molar-refractivity contribution in [3.8, 4) is 0 Å². The van der Waals surface area contributed by atoms with Crippen LogP contribution in [0.1, 0.15) is 83.5 Å². The van der Waals surface area contributed by atoms with Gasteiger partial charge in [-0.2, -0.15) is 0 Å². The highest BCUT2D eigenvalue weighted by Crippen LogP contribution is 2.27. The van der Waals surface area contributed by atoms with Crippen molar-refractivity contribution < 1.29 is 24.2 Å². The standard InChI is InChI=1S/C27H45N3O5/c1-9-10-11-14-28-24(32)23(21-13-12-19(4)17-20(21)5)30(15-16-31)25(33)22(18(2)3)29-26(34)35-27(6,7)8/h12-13,17-18,22-23,31H,9-11,14-16H2,1-8H3,(H,28,32)(H,29,34). The maximum absolute atomic E-state index is 13.8. The monoisotopic (exact) mass is 491 g/mol. The smallest absolute Gasteiger partial charge is 0.408 e. The Hall–Kier alpha value is -2.61. The van der Waals surface area contributed by atoms with Gasteiger partial charge in [0.15, 0.2) is 0 Å². The fourth-order valence-corrected chi connectivity index (χ4v) is 3.87. The molecule has 3 amide bonds. The Balaban J connectivity index is 3.39. The summed E-state index contributed by atoms with van der Waals surface area (Å²) in [7, 11) is 0. The zero-order valence-electron chi connectivity index (χ0n) is 22.7. The van der Waals surface area contributed by atoms with Gasteiger partial charge < -0.3 is 25.4 Å². The topological polar surface area (TPSA) is 108 Å². The lowest BCUT2D eigenvalue weighted by molar-refractivity contribution is -0.143. The molecule has 8 heteroatoms. The van der Waals surface area contributed by atoms with Crippen molar-refractivity contribution in [2.24, 2.45) is 5.92 Å². The Kier molecular flexibility index (Phi) is 12.2. The molecule has 3 N–H and O–H groups in total. The van der Waals surface area contributed by atoms with Crippen LogP contribution in [0.5, 0.6) is 0 Å². The summed E-state index contributed by atoms with van der Waals surface area (Å²) in [6.45, 7) is 14.9. The molecule has 0 heterocycles. The van der Waals surface area contributed by atoms with Crippen LogP contribution in [0, 0.1) is 19.8 Å². The number of carbonyl (C=O) groups is 3. The molecule has 0 bridgehead atoms. The van der Waals surface area contributed by atoms with E-state index < -0.39 is 29.7 Å². The number of amides is 3. The van der Waals surface area contributed by atoms with Crippen LogP contribution in [-0.4, -0.2) is 59.3 Å². The van der Waals surface area contributed by atoms with E-state index in [9.17, 15) is 19.5 Å². The van der Waals surface area contributed by atoms with Crippen molar-refractivity contribution in [2.45, 2.75) is 92.3 Å². The number of aliphatic hydroxyl groups excluding tert-OH is 1. The van der Waals surface area contributed by atoms with E-state index in [4.69, 9.17) is 4.74 Å². The van der Waals surface area contributed by atoms with Crippen LogP contribution in [0.15, 0.2) is 18.2 Å². The fourth-order valence-electron chi connectivity index (χ4n) is 3.87. The van der Waals surface area contributed by atoms with Crippen LogP contribution in [0.2, 0.25) is 0 Å². The lowest BCUT2D eigenvalue weighted by Crippen LogP contribution is -2.55. The number of alkyl carbamates (subject to hydrolysis) is 1. The number of benzene rings is 1. The maximum atomic E-state index is 13.8. The lowest BCUT2D eigenvalue weighted by Gasteiger charge is -2.35. The van der Waals surface area contributed by atoms with Crippen molar-refractivity contribution >= 4 is 17.9 Å². The Morgan fingerprint density at radius 2 is 1.77 bits per heavy atom. The summed E-state index contributed by atoms with van der Waals surface area (Å²) >= 11 is 0. The van der Waals surface area contributed by atoms with Crippen LogP contribution in [0.3, 0.4) is 0 Å². The molecule has 0 radical (unpaired) electrons. The third-order valence-corrected chi connectivity index (χ3v) is 5.59. The summed E-state index contributed by atoms with van der Waals surface area (Å²) in [5, 5.41) is 15.5. The molecule has 35 heavy (non-hydrogen) atoms. The molecule has 0 saturated heterocycles. The third-order valence-electron chi connectivity index (χ3n) is 5.59. The number of carbonyl (C=O) groups excluding carboxylic acids is 3. The Bertz CT molecular complexity index is 848. The highest BCUT2D eigenvalue weighted by atomic mass is 16.6. The summed E-state index contributed by atoms with van der Waals surface area (Å²) in [6, 6.07) is 3.84. The van der Waals surface area contributed by atoms with E-state index in [2.05, 4.69) is 17.6 Å². The number of nitrogens with zero attached hydrogens (tertiary/aromatic N) is 1. The van der Waals surface area contributed by atoms with Crippen LogP contribution in [-0.2, 0) is 14.3 Å². The highest BCUT2D eigenvalue weighted by Gasteiger charge is 2.37. The van der Waals surface area contributed by atoms with Gasteiger partial charge in [-0.15, -0.1) is 0 Å². The lowest BCUT2D eigenvalue weighted by atomic mass is 9.95. The van der Waals surface area contributed by atoms with E-state index in [1.165, 1.54) is 4.90 Å². The molecule has 0 saturated carbocycles. The molecule has 8 nitrogen and oxygen atoms in total. The first kappa shape index (κ1) is 30.4. The van der Waals surface area contributed by atoms with Crippen molar-refractivity contribution in [1.82, 2.24) is 15.5 Å². The van der Waals surface area contributed by atoms with Crippen molar-refractivity contribution in [1.29, 1.82) is 0 Å². The van der Waals surface area contributed by atoms with Crippen LogP contribution >= 0.6 is 0 Å². The van der Waals surface area contributed by atoms with Crippen molar-refractivity contribution in [2.75, 3.05) is 19.7 Å². The Morgan fingerprint density at radius 3 is 2.29 bits per heavy atom. The van der Waals surface area contributed by atoms with Crippen LogP contribution in [0.25, 0.3) is 0 Å². The molecular formula is C27H45N3O5. The van der Waals surface area contributed by atoms with Gasteiger partial charge in [0.2, 0.25) is 11.8 Å². The van der Waals surface area contributed by atoms with Gasteiger partial charge in [-0.3, -0.25) is 9.59 Å². The molecule has 0 spiro atoms. The molecule has 0 aliphatic carbocycles. The molecule has 0 aliphatic heterocycles. The molecule has 2 atom stereocenters. The van der Waals surface area contributed by atoms with E-state index in [1.807, 2.05) is 45.9 Å². The number of aryl methyl sites for hydroxylation is 2. The molecule has 1 rings (SSSR count). The number of hydrogen-bond donors (Lipinski definition) is 3. The first-order valence-electron chi connectivity index (χ1n) is 12.6. The average molecular weight is 492 g/mol. The van der Waals surface area contributed by atoms with Gasteiger partial charge in [-0.1, -0.05) is 57.4 Å². The van der Waals surface area contributed by atoms with E-state index in [0.29, 0.717) is 12.1 Å². The van der Waals surface area contributed by atoms with E-state index in [0.717, 1.165) is 30.4 Å². The van der Waals surface area contributed by atoms with Gasteiger partial charge >= 0.3 is 6.09 Å².